The van der Waals surface area contributed by atoms with Gasteiger partial charge in [0.05, 0.1) is 0 Å². The molecule has 0 amide bonds. The number of rotatable bonds is 2. The van der Waals surface area contributed by atoms with Gasteiger partial charge in [-0.2, -0.15) is 26.3 Å². The van der Waals surface area contributed by atoms with Crippen LogP contribution in [-0.4, -0.2) is 33.2 Å². The first kappa shape index (κ1) is 15.8. The molecule has 0 saturated heterocycles. The summed E-state index contributed by atoms with van der Waals surface area (Å²) in [5, 5.41) is -4.06. The maximum Gasteiger partial charge on any atom is 0.379 e. The largest absolute Gasteiger partial charge is 0.379 e. The minimum Gasteiger partial charge on any atom is -0.335 e. The molecule has 0 spiro atoms. The Labute approximate surface area is 111 Å². The number of hydrogen-bond donors (Lipinski definition) is 0. The lowest BCUT2D eigenvalue weighted by Gasteiger charge is -2.33. The van der Waals surface area contributed by atoms with Gasteiger partial charge in [0.25, 0.3) is 5.06 Å². The van der Waals surface area contributed by atoms with Crippen LogP contribution in [0, 0.1) is 0 Å². The molecule has 1 fully saturated rings. The van der Waals surface area contributed by atoms with Crippen molar-refractivity contribution >= 4 is 46.4 Å². The van der Waals surface area contributed by atoms with E-state index in [-0.39, 0.29) is 0 Å². The summed E-state index contributed by atoms with van der Waals surface area (Å²) >= 11 is 19.5. The summed E-state index contributed by atoms with van der Waals surface area (Å²) in [6.45, 7) is 0. The van der Waals surface area contributed by atoms with E-state index in [0.29, 0.717) is 0 Å². The maximum absolute atomic E-state index is 13.2. The van der Waals surface area contributed by atoms with Gasteiger partial charge < -0.3 is 4.74 Å². The second kappa shape index (κ2) is 3.85. The monoisotopic (exact) mass is 344 g/mol. The van der Waals surface area contributed by atoms with Gasteiger partial charge in [0.1, 0.15) is 6.07 Å². The summed E-state index contributed by atoms with van der Waals surface area (Å²) in [5.74, 6) is -16.9. The van der Waals surface area contributed by atoms with Gasteiger partial charge >= 0.3 is 17.8 Å². The SMILES string of the molecule is FC1(F)C(F)(F)C(Cl)(Cl)C(Cl)(OCCl)C1(F)F. The summed E-state index contributed by atoms with van der Waals surface area (Å²) in [6.07, 6.45) is 0. The quantitative estimate of drug-likeness (QED) is 0.537. The molecule has 0 radical (unpaired) electrons. The predicted octanol–water partition coefficient (Wildman–Crippen LogP) is 4.23. The molecule has 0 aromatic rings. The molecule has 17 heavy (non-hydrogen) atoms. The summed E-state index contributed by atoms with van der Waals surface area (Å²) in [5.41, 5.74) is 0. The summed E-state index contributed by atoms with van der Waals surface area (Å²) in [7, 11) is 0. The van der Waals surface area contributed by atoms with Crippen molar-refractivity contribution in [2.75, 3.05) is 6.07 Å². The van der Waals surface area contributed by atoms with Gasteiger partial charge in [-0.05, 0) is 0 Å². The number of ether oxygens (including phenoxy) is 1. The van der Waals surface area contributed by atoms with E-state index < -0.39 is 33.2 Å². The number of hydrogen-bond acceptors (Lipinski definition) is 1. The summed E-state index contributed by atoms with van der Waals surface area (Å²) in [4.78, 5) is 0. The van der Waals surface area contributed by atoms with Crippen molar-refractivity contribution in [1.29, 1.82) is 0 Å². The molecule has 0 bridgehead atoms. The average molecular weight is 346 g/mol. The van der Waals surface area contributed by atoms with Crippen molar-refractivity contribution in [2.24, 2.45) is 0 Å². The van der Waals surface area contributed by atoms with Crippen LogP contribution in [0.3, 0.4) is 0 Å². The van der Waals surface area contributed by atoms with Crippen molar-refractivity contribution in [3.63, 3.8) is 0 Å². The average Bonchev–Trinajstić information content (AvgIpc) is 2.19. The van der Waals surface area contributed by atoms with Crippen molar-refractivity contribution in [2.45, 2.75) is 27.2 Å². The van der Waals surface area contributed by atoms with Crippen LogP contribution in [-0.2, 0) is 4.74 Å². The second-order valence-electron chi connectivity index (χ2n) is 3.15. The third-order valence-corrected chi connectivity index (χ3v) is 4.18. The zero-order chi connectivity index (χ0) is 13.9. The van der Waals surface area contributed by atoms with Crippen molar-refractivity contribution in [1.82, 2.24) is 0 Å². The predicted molar refractivity (Wildman–Crippen MR) is 49.7 cm³/mol. The van der Waals surface area contributed by atoms with Crippen LogP contribution in [0.4, 0.5) is 26.3 Å². The molecule has 0 aliphatic heterocycles. The topological polar surface area (TPSA) is 9.23 Å². The highest BCUT2D eigenvalue weighted by atomic mass is 35.5. The van der Waals surface area contributed by atoms with E-state index in [4.69, 9.17) is 46.4 Å². The molecule has 1 saturated carbocycles. The first-order valence-corrected chi connectivity index (χ1v) is 5.38. The lowest BCUT2D eigenvalue weighted by atomic mass is 10.2. The minimum atomic E-state index is -5.89. The minimum absolute atomic E-state index is 1.19. The first-order chi connectivity index (χ1) is 7.31. The van der Waals surface area contributed by atoms with E-state index >= 15 is 0 Å². The third-order valence-electron chi connectivity index (χ3n) is 2.24. The Kier molecular flexibility index (Phi) is 3.57. The molecule has 0 heterocycles. The van der Waals surface area contributed by atoms with Gasteiger partial charge in [-0.25, -0.2) is 0 Å². The Morgan fingerprint density at radius 1 is 0.765 bits per heavy atom. The Hall–Kier alpha value is 0.700. The normalized spacial score (nSPS) is 37.1. The zero-order valence-electron chi connectivity index (χ0n) is 7.39. The third kappa shape index (κ3) is 1.46. The highest BCUT2D eigenvalue weighted by molar-refractivity contribution is 6.54. The molecule has 0 aromatic heterocycles. The molecule has 0 N–H and O–H groups in total. The first-order valence-electron chi connectivity index (χ1n) is 3.71. The van der Waals surface area contributed by atoms with Crippen LogP contribution in [0.2, 0.25) is 0 Å². The van der Waals surface area contributed by atoms with Gasteiger partial charge in [0, 0.05) is 0 Å². The molecule has 1 aliphatic carbocycles. The molecular formula is C6H2Cl4F6O. The zero-order valence-corrected chi connectivity index (χ0v) is 10.4. The van der Waals surface area contributed by atoms with Gasteiger partial charge in [0.15, 0.2) is 0 Å². The number of alkyl halides is 10. The lowest BCUT2D eigenvalue weighted by molar-refractivity contribution is -0.288. The van der Waals surface area contributed by atoms with Gasteiger partial charge in [-0.3, -0.25) is 0 Å². The standard InChI is InChI=1S/C6H2Cl4F6O/c7-1-17-3(10)2(8,9)4(11,12)6(15,16)5(3,13)14/h1H2. The molecular weight excluding hydrogens is 344 g/mol. The molecule has 102 valence electrons. The molecule has 1 nitrogen and oxygen atoms in total. The second-order valence-corrected chi connectivity index (χ2v) is 5.22. The van der Waals surface area contributed by atoms with Crippen LogP contribution in [0.5, 0.6) is 0 Å². The highest BCUT2D eigenvalue weighted by Crippen LogP contribution is 2.71. The van der Waals surface area contributed by atoms with E-state index in [9.17, 15) is 26.3 Å². The van der Waals surface area contributed by atoms with Crippen LogP contribution in [0.25, 0.3) is 0 Å². The smallest absolute Gasteiger partial charge is 0.335 e. The Bertz CT molecular complexity index is 306. The van der Waals surface area contributed by atoms with E-state index in [1.54, 1.807) is 0 Å². The maximum atomic E-state index is 13.2. The fourth-order valence-corrected chi connectivity index (χ4v) is 2.35. The van der Waals surface area contributed by atoms with E-state index in [1.165, 1.54) is 0 Å². The summed E-state index contributed by atoms with van der Waals surface area (Å²) < 4.78 is 78.4. The highest BCUT2D eigenvalue weighted by Gasteiger charge is 2.97. The van der Waals surface area contributed by atoms with Gasteiger partial charge in [0.2, 0.25) is 4.33 Å². The van der Waals surface area contributed by atoms with Crippen molar-refractivity contribution in [3.8, 4) is 0 Å². The van der Waals surface area contributed by atoms with Crippen LogP contribution in [0.15, 0.2) is 0 Å². The Morgan fingerprint density at radius 3 is 1.41 bits per heavy atom. The van der Waals surface area contributed by atoms with Gasteiger partial charge in [-0.15, -0.1) is 0 Å². The molecule has 1 aliphatic rings. The fourth-order valence-electron chi connectivity index (χ4n) is 1.25. The van der Waals surface area contributed by atoms with Crippen LogP contribution >= 0.6 is 46.4 Å². The van der Waals surface area contributed by atoms with Crippen LogP contribution < -0.4 is 0 Å². The molecule has 1 rings (SSSR count). The molecule has 1 atom stereocenters. The van der Waals surface area contributed by atoms with E-state index in [2.05, 4.69) is 4.74 Å². The van der Waals surface area contributed by atoms with Crippen molar-refractivity contribution in [3.05, 3.63) is 0 Å². The Morgan fingerprint density at radius 2 is 1.18 bits per heavy atom. The van der Waals surface area contributed by atoms with Crippen LogP contribution in [0.1, 0.15) is 0 Å². The van der Waals surface area contributed by atoms with Crippen molar-refractivity contribution < 1.29 is 31.1 Å². The van der Waals surface area contributed by atoms with E-state index in [0.717, 1.165) is 0 Å². The molecule has 11 heteroatoms. The van der Waals surface area contributed by atoms with E-state index in [1.807, 2.05) is 0 Å². The number of halogens is 10. The summed E-state index contributed by atoms with van der Waals surface area (Å²) in [6, 6.07) is -1.19. The Balaban J connectivity index is 3.53. The molecule has 0 aromatic carbocycles. The lowest BCUT2D eigenvalue weighted by Crippen LogP contribution is -2.54. The molecule has 1 unspecified atom stereocenters. The van der Waals surface area contributed by atoms with Gasteiger partial charge in [-0.1, -0.05) is 46.4 Å². The fraction of sp³-hybridized carbons (Fsp3) is 1.00.